The van der Waals surface area contributed by atoms with E-state index in [4.69, 9.17) is 0 Å². The van der Waals surface area contributed by atoms with Gasteiger partial charge in [0, 0.05) is 11.0 Å². The van der Waals surface area contributed by atoms with Crippen molar-refractivity contribution in [2.24, 2.45) is 34.5 Å². The van der Waals surface area contributed by atoms with E-state index in [1.54, 1.807) is 0 Å². The lowest BCUT2D eigenvalue weighted by molar-refractivity contribution is -0.134. The van der Waals surface area contributed by atoms with E-state index in [1.165, 1.54) is 51.4 Å². The fraction of sp³-hybridized carbons (Fsp3) is 0.704. The number of fused-ring (bicyclic) bond motifs is 5. The van der Waals surface area contributed by atoms with Crippen LogP contribution in [-0.2, 0) is 0 Å². The molecule has 4 saturated carbocycles. The van der Waals surface area contributed by atoms with Crippen molar-refractivity contribution in [1.29, 1.82) is 0 Å². The molecule has 0 spiro atoms. The molecule has 4 aliphatic carbocycles. The van der Waals surface area contributed by atoms with Gasteiger partial charge >= 0.3 is 0 Å². The van der Waals surface area contributed by atoms with Gasteiger partial charge in [-0.3, -0.25) is 0 Å². The van der Waals surface area contributed by atoms with Crippen LogP contribution in [0.25, 0.3) is 0 Å². The van der Waals surface area contributed by atoms with Crippen molar-refractivity contribution in [3.05, 3.63) is 35.9 Å². The second kappa shape index (κ2) is 6.63. The van der Waals surface area contributed by atoms with Gasteiger partial charge in [-0.25, -0.2) is 0 Å². The van der Waals surface area contributed by atoms with Gasteiger partial charge in [0.05, 0.1) is 0 Å². The quantitative estimate of drug-likeness (QED) is 0.534. The molecule has 1 aromatic carbocycles. The lowest BCUT2D eigenvalue weighted by Crippen LogP contribution is -2.55. The third-order valence-electron chi connectivity index (χ3n) is 9.92. The fourth-order valence-corrected chi connectivity index (χ4v) is 8.21. The van der Waals surface area contributed by atoms with Gasteiger partial charge in [0.2, 0.25) is 0 Å². The zero-order valence-electron chi connectivity index (χ0n) is 17.7. The third kappa shape index (κ3) is 2.64. The summed E-state index contributed by atoms with van der Waals surface area (Å²) < 4.78 is 0. The molecular formula is C27H36O. The summed E-state index contributed by atoms with van der Waals surface area (Å²) in [5.74, 6) is 10.0. The summed E-state index contributed by atoms with van der Waals surface area (Å²) in [4.78, 5) is 0. The summed E-state index contributed by atoms with van der Waals surface area (Å²) in [5, 5.41) is 11.7. The average Bonchev–Trinajstić information content (AvgIpc) is 2.98. The summed E-state index contributed by atoms with van der Waals surface area (Å²) >= 11 is 0. The van der Waals surface area contributed by atoms with Gasteiger partial charge in [-0.1, -0.05) is 56.7 Å². The van der Waals surface area contributed by atoms with Gasteiger partial charge in [-0.2, -0.15) is 0 Å². The van der Waals surface area contributed by atoms with Crippen LogP contribution in [0.5, 0.6) is 0 Å². The molecule has 28 heavy (non-hydrogen) atoms. The highest BCUT2D eigenvalue weighted by Gasteiger charge is 2.64. The molecule has 0 saturated heterocycles. The van der Waals surface area contributed by atoms with Crippen molar-refractivity contribution in [1.82, 2.24) is 0 Å². The molecule has 1 aromatic rings. The van der Waals surface area contributed by atoms with Gasteiger partial charge in [0.1, 0.15) is 5.60 Å². The largest absolute Gasteiger partial charge is 0.377 e. The van der Waals surface area contributed by atoms with E-state index in [-0.39, 0.29) is 5.41 Å². The molecule has 1 heteroatoms. The standard InChI is InChI=1S/C27H36O/c1-25-16-7-6-10-21(25)11-12-22-23(25)14-17-26(2)24(22)15-19-27(26,28)18-13-20-8-4-3-5-9-20/h3-5,8-9,21-24,28H,6-7,10-12,14-17,19H2,1-2H3/t21-,22-,23+,24+,25+,26+,27+/m1/s1. The van der Waals surface area contributed by atoms with Crippen molar-refractivity contribution < 1.29 is 5.11 Å². The van der Waals surface area contributed by atoms with Gasteiger partial charge in [0.15, 0.2) is 0 Å². The monoisotopic (exact) mass is 376 g/mol. The Labute approximate surface area is 171 Å². The number of hydrogen-bond acceptors (Lipinski definition) is 1. The van der Waals surface area contributed by atoms with E-state index in [2.05, 4.69) is 25.7 Å². The molecule has 0 aliphatic heterocycles. The molecule has 0 aromatic heterocycles. The van der Waals surface area contributed by atoms with E-state index in [9.17, 15) is 5.11 Å². The minimum atomic E-state index is -0.817. The van der Waals surface area contributed by atoms with Crippen LogP contribution in [0.4, 0.5) is 0 Å². The number of rotatable bonds is 0. The number of benzene rings is 1. The molecular weight excluding hydrogens is 340 g/mol. The molecule has 4 aliphatic rings. The van der Waals surface area contributed by atoms with Crippen LogP contribution in [0.3, 0.4) is 0 Å². The van der Waals surface area contributed by atoms with Gasteiger partial charge in [-0.15, -0.1) is 0 Å². The molecule has 1 nitrogen and oxygen atoms in total. The fourth-order valence-electron chi connectivity index (χ4n) is 8.21. The molecule has 7 atom stereocenters. The molecule has 1 N–H and O–H groups in total. The maximum Gasteiger partial charge on any atom is 0.131 e. The van der Waals surface area contributed by atoms with E-state index in [0.29, 0.717) is 11.3 Å². The molecule has 5 rings (SSSR count). The molecule has 0 heterocycles. The first kappa shape index (κ1) is 18.7. The smallest absolute Gasteiger partial charge is 0.131 e. The van der Waals surface area contributed by atoms with E-state index in [1.807, 2.05) is 30.3 Å². The second-order valence-corrected chi connectivity index (χ2v) is 10.9. The minimum absolute atomic E-state index is 0.0339. The SMILES string of the molecule is C[C@]12CCCC[C@@H]1CC[C@@H]1[C@@H]2CC[C@@]2(C)[C@H]1CC[C@@]2(O)C#Cc1ccccc1. The van der Waals surface area contributed by atoms with Crippen LogP contribution in [0.2, 0.25) is 0 Å². The highest BCUT2D eigenvalue weighted by atomic mass is 16.3. The minimum Gasteiger partial charge on any atom is -0.377 e. The summed E-state index contributed by atoms with van der Waals surface area (Å²) in [6.07, 6.45) is 13.1. The van der Waals surface area contributed by atoms with Gasteiger partial charge < -0.3 is 5.11 Å². The highest BCUT2D eigenvalue weighted by Crippen LogP contribution is 2.68. The van der Waals surface area contributed by atoms with Gasteiger partial charge in [-0.05, 0) is 92.6 Å². The van der Waals surface area contributed by atoms with Crippen molar-refractivity contribution >= 4 is 0 Å². The Bertz CT molecular complexity index is 787. The molecule has 150 valence electrons. The average molecular weight is 377 g/mol. The predicted molar refractivity (Wildman–Crippen MR) is 115 cm³/mol. The maximum atomic E-state index is 11.7. The Morgan fingerprint density at radius 3 is 2.46 bits per heavy atom. The van der Waals surface area contributed by atoms with Crippen LogP contribution < -0.4 is 0 Å². The Morgan fingerprint density at radius 2 is 1.64 bits per heavy atom. The van der Waals surface area contributed by atoms with Crippen molar-refractivity contribution in [3.63, 3.8) is 0 Å². The van der Waals surface area contributed by atoms with Crippen LogP contribution >= 0.6 is 0 Å². The Balaban J connectivity index is 1.43. The lowest BCUT2D eigenvalue weighted by Gasteiger charge is -2.60. The summed E-state index contributed by atoms with van der Waals surface area (Å²) in [7, 11) is 0. The first-order valence-electron chi connectivity index (χ1n) is 11.8. The van der Waals surface area contributed by atoms with E-state index < -0.39 is 5.60 Å². The molecule has 0 bridgehead atoms. The summed E-state index contributed by atoms with van der Waals surface area (Å²) in [6, 6.07) is 10.2. The maximum absolute atomic E-state index is 11.7. The molecule has 0 radical (unpaired) electrons. The molecule has 0 amide bonds. The van der Waals surface area contributed by atoms with Crippen LogP contribution in [0.1, 0.15) is 83.6 Å². The Morgan fingerprint density at radius 1 is 0.857 bits per heavy atom. The first-order chi connectivity index (χ1) is 13.5. The molecule has 4 fully saturated rings. The summed E-state index contributed by atoms with van der Waals surface area (Å²) in [5.41, 5.74) is 0.738. The zero-order valence-corrected chi connectivity index (χ0v) is 17.7. The number of aliphatic hydroxyl groups is 1. The highest BCUT2D eigenvalue weighted by molar-refractivity contribution is 5.38. The van der Waals surface area contributed by atoms with Crippen molar-refractivity contribution in [3.8, 4) is 11.8 Å². The van der Waals surface area contributed by atoms with Crippen LogP contribution in [-0.4, -0.2) is 10.7 Å². The normalized spacial score (nSPS) is 47.2. The Hall–Kier alpha value is -1.26. The van der Waals surface area contributed by atoms with E-state index >= 15 is 0 Å². The molecule has 0 unspecified atom stereocenters. The number of hydrogen-bond donors (Lipinski definition) is 1. The second-order valence-electron chi connectivity index (χ2n) is 10.9. The van der Waals surface area contributed by atoms with Crippen molar-refractivity contribution in [2.45, 2.75) is 83.7 Å². The zero-order chi connectivity index (χ0) is 19.4. The predicted octanol–water partition coefficient (Wildman–Crippen LogP) is 6.20. The van der Waals surface area contributed by atoms with Gasteiger partial charge in [0.25, 0.3) is 0 Å². The third-order valence-corrected chi connectivity index (χ3v) is 9.92. The van der Waals surface area contributed by atoms with Crippen LogP contribution in [0.15, 0.2) is 30.3 Å². The van der Waals surface area contributed by atoms with E-state index in [0.717, 1.165) is 36.2 Å². The lowest BCUT2D eigenvalue weighted by atomic mass is 9.44. The van der Waals surface area contributed by atoms with Crippen molar-refractivity contribution in [2.75, 3.05) is 0 Å². The first-order valence-corrected chi connectivity index (χ1v) is 11.8. The topological polar surface area (TPSA) is 20.2 Å². The summed E-state index contributed by atoms with van der Waals surface area (Å²) in [6.45, 7) is 5.00. The van der Waals surface area contributed by atoms with Crippen LogP contribution in [0, 0.1) is 46.3 Å². The Kier molecular flexibility index (Phi) is 4.44.